The van der Waals surface area contributed by atoms with Crippen LogP contribution in [0.2, 0.25) is 0 Å². The lowest BCUT2D eigenvalue weighted by molar-refractivity contribution is 0.0934. The summed E-state index contributed by atoms with van der Waals surface area (Å²) in [5.41, 5.74) is 3.64. The summed E-state index contributed by atoms with van der Waals surface area (Å²) in [6.45, 7) is 2.03. The molecule has 7 nitrogen and oxygen atoms in total. The number of benzene rings is 2. The molecular formula is C28H26N6OS2. The van der Waals surface area contributed by atoms with Gasteiger partial charge in [0.1, 0.15) is 10.7 Å². The van der Waals surface area contributed by atoms with Crippen LogP contribution >= 0.6 is 23.1 Å². The van der Waals surface area contributed by atoms with E-state index in [1.807, 2.05) is 77.5 Å². The Hall–Kier alpha value is -3.82. The minimum atomic E-state index is -0.138. The zero-order valence-corrected chi connectivity index (χ0v) is 22.0. The van der Waals surface area contributed by atoms with Gasteiger partial charge in [0.2, 0.25) is 0 Å². The number of rotatable bonds is 10. The number of nitrogens with zero attached hydrogens (tertiary/aromatic N) is 5. The average Bonchev–Trinajstić information content (AvgIpc) is 3.60. The number of hydrogen-bond acceptors (Lipinski definition) is 7. The molecule has 3 aromatic heterocycles. The van der Waals surface area contributed by atoms with Gasteiger partial charge in [-0.2, -0.15) is 0 Å². The fraction of sp³-hybridized carbons (Fsp3) is 0.179. The standard InChI is InChI=1S/C28H26N6OS2/c1-20(12-13-21-8-4-2-5-9-21)30-27(35)24-18-36-25(31-24)19-37-28-33-32-26(22-14-16-29-17-15-22)34(28)23-10-6-3-7-11-23/h2-11,14-18,20H,12-13,19H2,1H3,(H,30,35). The van der Waals surface area contributed by atoms with Crippen LogP contribution in [0.1, 0.15) is 34.4 Å². The number of nitrogens with one attached hydrogen (secondary N) is 1. The first-order valence-corrected chi connectivity index (χ1v) is 13.9. The Labute approximate surface area is 224 Å². The Kier molecular flexibility index (Phi) is 8.02. The van der Waals surface area contributed by atoms with E-state index in [0.29, 0.717) is 11.4 Å². The van der Waals surface area contributed by atoms with E-state index in [1.165, 1.54) is 16.9 Å². The van der Waals surface area contributed by atoms with Crippen molar-refractivity contribution in [3.05, 3.63) is 107 Å². The highest BCUT2D eigenvalue weighted by atomic mass is 32.2. The molecule has 0 aliphatic carbocycles. The normalized spacial score (nSPS) is 11.8. The van der Waals surface area contributed by atoms with Gasteiger partial charge in [0, 0.05) is 35.1 Å². The summed E-state index contributed by atoms with van der Waals surface area (Å²) < 4.78 is 2.04. The Balaban J connectivity index is 1.24. The van der Waals surface area contributed by atoms with E-state index in [-0.39, 0.29) is 11.9 Å². The Bertz CT molecular complexity index is 1440. The predicted molar refractivity (Wildman–Crippen MR) is 148 cm³/mol. The lowest BCUT2D eigenvalue weighted by Gasteiger charge is -2.12. The molecule has 0 aliphatic rings. The Morgan fingerprint density at radius 1 is 1.00 bits per heavy atom. The van der Waals surface area contributed by atoms with Crippen molar-refractivity contribution >= 4 is 29.0 Å². The molecule has 186 valence electrons. The van der Waals surface area contributed by atoms with Crippen LogP contribution in [0.3, 0.4) is 0 Å². The van der Waals surface area contributed by atoms with Crippen molar-refractivity contribution in [2.75, 3.05) is 0 Å². The monoisotopic (exact) mass is 526 g/mol. The van der Waals surface area contributed by atoms with Gasteiger partial charge >= 0.3 is 0 Å². The Morgan fingerprint density at radius 2 is 1.73 bits per heavy atom. The molecule has 1 amide bonds. The maximum Gasteiger partial charge on any atom is 0.270 e. The van der Waals surface area contributed by atoms with Crippen LogP contribution in [0.25, 0.3) is 17.1 Å². The smallest absolute Gasteiger partial charge is 0.270 e. The topological polar surface area (TPSA) is 85.6 Å². The number of aromatic nitrogens is 5. The zero-order chi connectivity index (χ0) is 25.5. The highest BCUT2D eigenvalue weighted by Gasteiger charge is 2.18. The summed E-state index contributed by atoms with van der Waals surface area (Å²) in [5, 5.41) is 15.4. The molecule has 37 heavy (non-hydrogen) atoms. The summed E-state index contributed by atoms with van der Waals surface area (Å²) in [6.07, 6.45) is 5.29. The van der Waals surface area contributed by atoms with E-state index in [4.69, 9.17) is 0 Å². The van der Waals surface area contributed by atoms with Gasteiger partial charge < -0.3 is 5.32 Å². The van der Waals surface area contributed by atoms with Gasteiger partial charge in [-0.25, -0.2) is 4.98 Å². The number of thiazole rings is 1. The van der Waals surface area contributed by atoms with Crippen molar-refractivity contribution < 1.29 is 4.79 Å². The third kappa shape index (κ3) is 6.31. The molecule has 2 aromatic carbocycles. The van der Waals surface area contributed by atoms with Crippen LogP contribution in [0.15, 0.2) is 95.7 Å². The molecule has 0 saturated heterocycles. The third-order valence-corrected chi connectivity index (χ3v) is 7.75. The van der Waals surface area contributed by atoms with Crippen molar-refractivity contribution in [1.82, 2.24) is 30.0 Å². The van der Waals surface area contributed by atoms with Gasteiger partial charge in [0.05, 0.1) is 5.75 Å². The van der Waals surface area contributed by atoms with Crippen LogP contribution in [0, 0.1) is 0 Å². The van der Waals surface area contributed by atoms with Gasteiger partial charge in [-0.15, -0.1) is 21.5 Å². The van der Waals surface area contributed by atoms with Gasteiger partial charge in [-0.1, -0.05) is 60.3 Å². The van der Waals surface area contributed by atoms with Crippen LogP contribution in [0.4, 0.5) is 0 Å². The number of pyridine rings is 1. The number of amides is 1. The molecule has 0 radical (unpaired) electrons. The van der Waals surface area contributed by atoms with Crippen LogP contribution in [-0.2, 0) is 12.2 Å². The number of para-hydroxylation sites is 1. The number of hydrogen-bond donors (Lipinski definition) is 1. The lowest BCUT2D eigenvalue weighted by atomic mass is 10.1. The molecule has 0 saturated carbocycles. The molecule has 0 aliphatic heterocycles. The van der Waals surface area contributed by atoms with Crippen molar-refractivity contribution in [2.24, 2.45) is 0 Å². The molecule has 9 heteroatoms. The fourth-order valence-electron chi connectivity index (χ4n) is 3.87. The predicted octanol–water partition coefficient (Wildman–Crippen LogP) is 5.83. The summed E-state index contributed by atoms with van der Waals surface area (Å²) in [7, 11) is 0. The number of carbonyl (C=O) groups is 1. The molecule has 0 fully saturated rings. The largest absolute Gasteiger partial charge is 0.348 e. The first kappa shape index (κ1) is 24.9. The highest BCUT2D eigenvalue weighted by molar-refractivity contribution is 7.98. The lowest BCUT2D eigenvalue weighted by Crippen LogP contribution is -2.33. The maximum absolute atomic E-state index is 12.7. The first-order chi connectivity index (χ1) is 18.2. The molecule has 5 aromatic rings. The van der Waals surface area contributed by atoms with E-state index in [2.05, 4.69) is 37.6 Å². The summed E-state index contributed by atoms with van der Waals surface area (Å²) >= 11 is 3.03. The second kappa shape index (κ2) is 11.9. The molecule has 1 unspecified atom stereocenters. The molecule has 0 bridgehead atoms. The second-order valence-corrected chi connectivity index (χ2v) is 10.4. The van der Waals surface area contributed by atoms with E-state index in [1.54, 1.807) is 24.2 Å². The SMILES string of the molecule is CC(CCc1ccccc1)NC(=O)c1csc(CSc2nnc(-c3ccncc3)n2-c2ccccc2)n1. The minimum absolute atomic E-state index is 0.0586. The average molecular weight is 527 g/mol. The second-order valence-electron chi connectivity index (χ2n) is 8.53. The molecule has 5 rings (SSSR count). The molecule has 0 spiro atoms. The minimum Gasteiger partial charge on any atom is -0.348 e. The third-order valence-electron chi connectivity index (χ3n) is 5.78. The van der Waals surface area contributed by atoms with E-state index in [0.717, 1.165) is 40.1 Å². The van der Waals surface area contributed by atoms with Gasteiger partial charge in [0.15, 0.2) is 11.0 Å². The van der Waals surface area contributed by atoms with Gasteiger partial charge in [0.25, 0.3) is 5.91 Å². The summed E-state index contributed by atoms with van der Waals surface area (Å²) in [4.78, 5) is 21.4. The quantitative estimate of drug-likeness (QED) is 0.231. The first-order valence-electron chi connectivity index (χ1n) is 12.0. The zero-order valence-electron chi connectivity index (χ0n) is 20.3. The number of aryl methyl sites for hydroxylation is 1. The van der Waals surface area contributed by atoms with Gasteiger partial charge in [-0.05, 0) is 49.6 Å². The summed E-state index contributed by atoms with van der Waals surface area (Å²) in [6, 6.07) is 24.2. The van der Waals surface area contributed by atoms with E-state index >= 15 is 0 Å². The molecule has 3 heterocycles. The Morgan fingerprint density at radius 3 is 2.49 bits per heavy atom. The van der Waals surface area contributed by atoms with Crippen LogP contribution in [-0.4, -0.2) is 36.7 Å². The van der Waals surface area contributed by atoms with Gasteiger partial charge in [-0.3, -0.25) is 14.3 Å². The van der Waals surface area contributed by atoms with E-state index < -0.39 is 0 Å². The van der Waals surface area contributed by atoms with Crippen molar-refractivity contribution in [3.8, 4) is 17.1 Å². The summed E-state index contributed by atoms with van der Waals surface area (Å²) in [5.74, 6) is 1.20. The van der Waals surface area contributed by atoms with Crippen LogP contribution < -0.4 is 5.32 Å². The molecule has 1 atom stereocenters. The number of thioether (sulfide) groups is 1. The molecule has 1 N–H and O–H groups in total. The van der Waals surface area contributed by atoms with Crippen molar-refractivity contribution in [3.63, 3.8) is 0 Å². The van der Waals surface area contributed by atoms with Crippen molar-refractivity contribution in [2.45, 2.75) is 36.7 Å². The highest BCUT2D eigenvalue weighted by Crippen LogP contribution is 2.30. The number of carbonyl (C=O) groups excluding carboxylic acids is 1. The van der Waals surface area contributed by atoms with Crippen LogP contribution in [0.5, 0.6) is 0 Å². The maximum atomic E-state index is 12.7. The van der Waals surface area contributed by atoms with Crippen molar-refractivity contribution in [1.29, 1.82) is 0 Å². The molecular weight excluding hydrogens is 500 g/mol. The van der Waals surface area contributed by atoms with E-state index in [9.17, 15) is 4.79 Å². The fourth-order valence-corrected chi connectivity index (χ4v) is 5.61.